The van der Waals surface area contributed by atoms with Gasteiger partial charge in [-0.15, -0.1) is 0 Å². The fraction of sp³-hybridized carbons (Fsp3) is 0.800. The van der Waals surface area contributed by atoms with E-state index in [0.717, 1.165) is 13.0 Å². The highest BCUT2D eigenvalue weighted by molar-refractivity contribution is 5.79. The summed E-state index contributed by atoms with van der Waals surface area (Å²) in [5, 5.41) is 4.86. The molecule has 0 heterocycles. The van der Waals surface area contributed by atoms with E-state index in [1.807, 2.05) is 6.92 Å². The van der Waals surface area contributed by atoms with Gasteiger partial charge in [-0.25, -0.2) is 0 Å². The summed E-state index contributed by atoms with van der Waals surface area (Å²) in [5.41, 5.74) is 0. The monoisotopic (exact) mass is 232 g/mol. The van der Waals surface area contributed by atoms with Gasteiger partial charge in [-0.05, 0) is 6.42 Å². The zero-order valence-corrected chi connectivity index (χ0v) is 9.66. The molecule has 0 spiro atoms. The highest BCUT2D eigenvalue weighted by Gasteiger charge is 1.97. The van der Waals surface area contributed by atoms with Crippen LogP contribution in [0.15, 0.2) is 0 Å². The second kappa shape index (κ2) is 11.9. The maximum absolute atomic E-state index is 11.0. The van der Waals surface area contributed by atoms with Gasteiger partial charge in [0, 0.05) is 13.2 Å². The van der Waals surface area contributed by atoms with Crippen LogP contribution in [0.25, 0.3) is 0 Å². The Bertz CT molecular complexity index is 188. The quantitative estimate of drug-likeness (QED) is 0.364. The number of rotatable bonds is 11. The van der Waals surface area contributed by atoms with Crippen molar-refractivity contribution in [3.05, 3.63) is 0 Å². The Kier molecular flexibility index (Phi) is 11.1. The number of nitrogens with one attached hydrogen (secondary N) is 2. The molecule has 6 nitrogen and oxygen atoms in total. The molecule has 0 aliphatic heterocycles. The molecule has 0 aliphatic carbocycles. The van der Waals surface area contributed by atoms with Crippen molar-refractivity contribution < 1.29 is 19.1 Å². The van der Waals surface area contributed by atoms with Gasteiger partial charge in [0.25, 0.3) is 0 Å². The minimum absolute atomic E-state index is 0.00309. The summed E-state index contributed by atoms with van der Waals surface area (Å²) < 4.78 is 10.4. The number of amides is 2. The van der Waals surface area contributed by atoms with Gasteiger partial charge in [0.05, 0.1) is 26.4 Å². The van der Waals surface area contributed by atoms with Gasteiger partial charge < -0.3 is 20.1 Å². The van der Waals surface area contributed by atoms with Gasteiger partial charge in [-0.3, -0.25) is 9.59 Å². The van der Waals surface area contributed by atoms with Crippen molar-refractivity contribution in [3.63, 3.8) is 0 Å². The van der Waals surface area contributed by atoms with E-state index < -0.39 is 0 Å². The van der Waals surface area contributed by atoms with Crippen LogP contribution in [0, 0.1) is 0 Å². The van der Waals surface area contributed by atoms with Crippen LogP contribution in [-0.2, 0) is 19.1 Å². The fourth-order valence-corrected chi connectivity index (χ4v) is 0.926. The SMILES string of the molecule is CCCOCCOCCNC(=O)CNC=O. The Morgan fingerprint density at radius 2 is 1.88 bits per heavy atom. The molecule has 0 saturated heterocycles. The zero-order chi connectivity index (χ0) is 12.1. The van der Waals surface area contributed by atoms with Crippen LogP contribution in [0.3, 0.4) is 0 Å². The summed E-state index contributed by atoms with van der Waals surface area (Å²) >= 11 is 0. The summed E-state index contributed by atoms with van der Waals surface area (Å²) in [6, 6.07) is 0. The molecule has 0 aromatic heterocycles. The van der Waals surface area contributed by atoms with E-state index in [1.165, 1.54) is 0 Å². The lowest BCUT2D eigenvalue weighted by Gasteiger charge is -2.06. The van der Waals surface area contributed by atoms with E-state index in [9.17, 15) is 9.59 Å². The average molecular weight is 232 g/mol. The summed E-state index contributed by atoms with van der Waals surface area (Å²) in [6.45, 7) is 4.79. The van der Waals surface area contributed by atoms with E-state index in [2.05, 4.69) is 10.6 Å². The summed E-state index contributed by atoms with van der Waals surface area (Å²) in [7, 11) is 0. The minimum atomic E-state index is -0.224. The smallest absolute Gasteiger partial charge is 0.239 e. The predicted octanol–water partition coefficient (Wildman–Crippen LogP) is -0.708. The van der Waals surface area contributed by atoms with Crippen LogP contribution < -0.4 is 10.6 Å². The number of hydrogen-bond donors (Lipinski definition) is 2. The van der Waals surface area contributed by atoms with Crippen LogP contribution >= 0.6 is 0 Å². The first-order valence-electron chi connectivity index (χ1n) is 5.40. The Morgan fingerprint density at radius 1 is 1.19 bits per heavy atom. The number of carbonyl (C=O) groups is 2. The molecular weight excluding hydrogens is 212 g/mol. The second-order valence-electron chi connectivity index (χ2n) is 3.07. The molecule has 94 valence electrons. The average Bonchev–Trinajstić information content (AvgIpc) is 2.30. The molecule has 0 unspecified atom stereocenters. The third-order valence-corrected chi connectivity index (χ3v) is 1.63. The molecule has 6 heteroatoms. The number of hydrogen-bond acceptors (Lipinski definition) is 4. The van der Waals surface area contributed by atoms with Crippen molar-refractivity contribution in [2.75, 3.05) is 39.5 Å². The lowest BCUT2D eigenvalue weighted by atomic mass is 10.5. The molecule has 0 rings (SSSR count). The number of carbonyl (C=O) groups excluding carboxylic acids is 2. The molecule has 0 fully saturated rings. The van der Waals surface area contributed by atoms with Gasteiger partial charge in [-0.2, -0.15) is 0 Å². The van der Waals surface area contributed by atoms with Crippen molar-refractivity contribution in [2.24, 2.45) is 0 Å². The first kappa shape index (κ1) is 14.9. The summed E-state index contributed by atoms with van der Waals surface area (Å²) in [6.07, 6.45) is 1.49. The van der Waals surface area contributed by atoms with Crippen molar-refractivity contribution in [1.82, 2.24) is 10.6 Å². The van der Waals surface area contributed by atoms with Crippen LogP contribution in [-0.4, -0.2) is 51.8 Å². The van der Waals surface area contributed by atoms with Crippen molar-refractivity contribution >= 4 is 12.3 Å². The Labute approximate surface area is 95.7 Å². The van der Waals surface area contributed by atoms with E-state index in [1.54, 1.807) is 0 Å². The Hall–Kier alpha value is -1.14. The first-order chi connectivity index (χ1) is 7.81. The molecule has 16 heavy (non-hydrogen) atoms. The van der Waals surface area contributed by atoms with Gasteiger partial charge >= 0.3 is 0 Å². The zero-order valence-electron chi connectivity index (χ0n) is 9.66. The van der Waals surface area contributed by atoms with Gasteiger partial charge in [-0.1, -0.05) is 6.92 Å². The third-order valence-electron chi connectivity index (χ3n) is 1.63. The molecule has 0 radical (unpaired) electrons. The van der Waals surface area contributed by atoms with Crippen LogP contribution in [0.4, 0.5) is 0 Å². The van der Waals surface area contributed by atoms with E-state index >= 15 is 0 Å². The van der Waals surface area contributed by atoms with Gasteiger partial charge in [0.2, 0.25) is 12.3 Å². The molecule has 0 saturated carbocycles. The van der Waals surface area contributed by atoms with Gasteiger partial charge in [0.1, 0.15) is 0 Å². The van der Waals surface area contributed by atoms with E-state index in [0.29, 0.717) is 32.8 Å². The molecule has 0 aromatic carbocycles. The van der Waals surface area contributed by atoms with Crippen molar-refractivity contribution in [3.8, 4) is 0 Å². The normalized spacial score (nSPS) is 9.81. The van der Waals surface area contributed by atoms with Gasteiger partial charge in [0.15, 0.2) is 0 Å². The molecular formula is C10H20N2O4. The molecule has 2 amide bonds. The Morgan fingerprint density at radius 3 is 2.50 bits per heavy atom. The second-order valence-corrected chi connectivity index (χ2v) is 3.07. The highest BCUT2D eigenvalue weighted by atomic mass is 16.5. The molecule has 0 bridgehead atoms. The van der Waals surface area contributed by atoms with Crippen molar-refractivity contribution in [1.29, 1.82) is 0 Å². The highest BCUT2D eigenvalue weighted by Crippen LogP contribution is 1.81. The topological polar surface area (TPSA) is 76.7 Å². The lowest BCUT2D eigenvalue weighted by molar-refractivity contribution is -0.122. The molecule has 0 aromatic rings. The maximum Gasteiger partial charge on any atom is 0.239 e. The van der Waals surface area contributed by atoms with Crippen LogP contribution in [0.2, 0.25) is 0 Å². The minimum Gasteiger partial charge on any atom is -0.379 e. The fourth-order valence-electron chi connectivity index (χ4n) is 0.926. The standard InChI is InChI=1S/C10H20N2O4/c1-2-4-15-6-7-16-5-3-12-10(14)8-11-9-13/h9H,2-8H2,1H3,(H,11,13)(H,12,14). The first-order valence-corrected chi connectivity index (χ1v) is 5.40. The predicted molar refractivity (Wildman–Crippen MR) is 59.0 cm³/mol. The number of ether oxygens (including phenoxy) is 2. The van der Waals surface area contributed by atoms with Crippen molar-refractivity contribution in [2.45, 2.75) is 13.3 Å². The maximum atomic E-state index is 11.0. The van der Waals surface area contributed by atoms with E-state index in [4.69, 9.17) is 9.47 Å². The van der Waals surface area contributed by atoms with E-state index in [-0.39, 0.29) is 12.5 Å². The Balaban J connectivity index is 3.08. The van der Waals surface area contributed by atoms with Crippen LogP contribution in [0.1, 0.15) is 13.3 Å². The lowest BCUT2D eigenvalue weighted by Crippen LogP contribution is -2.35. The third kappa shape index (κ3) is 10.9. The van der Waals surface area contributed by atoms with Crippen LogP contribution in [0.5, 0.6) is 0 Å². The molecule has 0 atom stereocenters. The molecule has 0 aliphatic rings. The molecule has 2 N–H and O–H groups in total. The summed E-state index contributed by atoms with van der Waals surface area (Å²) in [4.78, 5) is 20.8. The summed E-state index contributed by atoms with van der Waals surface area (Å²) in [5.74, 6) is -0.224. The largest absolute Gasteiger partial charge is 0.379 e.